The van der Waals surface area contributed by atoms with Crippen molar-refractivity contribution in [3.8, 4) is 0 Å². The van der Waals surface area contributed by atoms with Crippen LogP contribution in [0.4, 0.5) is 17.1 Å². The summed E-state index contributed by atoms with van der Waals surface area (Å²) in [5, 5.41) is 8.43. The van der Waals surface area contributed by atoms with Crippen molar-refractivity contribution < 1.29 is 4.79 Å². The molecular formula is C19H23N3O. The molecule has 0 saturated carbocycles. The lowest BCUT2D eigenvalue weighted by atomic mass is 10.0. The molecule has 0 radical (unpaired) electrons. The standard InChI is InChI=1S/C19H23N3O/c1-14(2)13-19(23)15-5-7-16(8-6-15)20-21-17-9-11-18(12-10-17)22(3)4/h5-12,14H,13H2,1-4H3. The zero-order valence-electron chi connectivity index (χ0n) is 14.2. The number of hydrogen-bond donors (Lipinski definition) is 0. The molecule has 0 aliphatic rings. The third-order valence-electron chi connectivity index (χ3n) is 3.43. The Hall–Kier alpha value is -2.49. The van der Waals surface area contributed by atoms with Gasteiger partial charge in [0, 0.05) is 31.8 Å². The van der Waals surface area contributed by atoms with Gasteiger partial charge in [-0.25, -0.2) is 0 Å². The van der Waals surface area contributed by atoms with Crippen LogP contribution in [0.1, 0.15) is 30.6 Å². The average Bonchev–Trinajstić information content (AvgIpc) is 2.53. The Bertz CT molecular complexity index is 671. The predicted octanol–water partition coefficient (Wildman–Crippen LogP) is 5.40. The van der Waals surface area contributed by atoms with E-state index < -0.39 is 0 Å². The largest absolute Gasteiger partial charge is 0.378 e. The van der Waals surface area contributed by atoms with E-state index in [2.05, 4.69) is 10.2 Å². The molecule has 23 heavy (non-hydrogen) atoms. The highest BCUT2D eigenvalue weighted by molar-refractivity contribution is 5.96. The molecule has 0 atom stereocenters. The molecule has 0 bridgehead atoms. The summed E-state index contributed by atoms with van der Waals surface area (Å²) < 4.78 is 0. The summed E-state index contributed by atoms with van der Waals surface area (Å²) in [6.45, 7) is 4.09. The number of carbonyl (C=O) groups excluding carboxylic acids is 1. The number of Topliss-reactive ketones (excluding diaryl/α,β-unsaturated/α-hetero) is 1. The van der Waals surface area contributed by atoms with Gasteiger partial charge >= 0.3 is 0 Å². The smallest absolute Gasteiger partial charge is 0.163 e. The Balaban J connectivity index is 2.04. The van der Waals surface area contributed by atoms with Crippen LogP contribution >= 0.6 is 0 Å². The highest BCUT2D eigenvalue weighted by Gasteiger charge is 2.07. The van der Waals surface area contributed by atoms with E-state index in [-0.39, 0.29) is 5.78 Å². The van der Waals surface area contributed by atoms with Crippen molar-refractivity contribution in [1.82, 2.24) is 0 Å². The molecule has 2 rings (SSSR count). The van der Waals surface area contributed by atoms with E-state index in [0.717, 1.165) is 22.6 Å². The lowest BCUT2D eigenvalue weighted by Gasteiger charge is -2.11. The van der Waals surface area contributed by atoms with E-state index in [1.54, 1.807) is 0 Å². The first kappa shape index (κ1) is 16.9. The molecule has 2 aromatic carbocycles. The van der Waals surface area contributed by atoms with Gasteiger partial charge in [-0.15, -0.1) is 0 Å². The van der Waals surface area contributed by atoms with Gasteiger partial charge in [-0.1, -0.05) is 13.8 Å². The average molecular weight is 309 g/mol. The Morgan fingerprint density at radius 2 is 1.39 bits per heavy atom. The second kappa shape index (κ2) is 7.68. The van der Waals surface area contributed by atoms with Crippen LogP contribution < -0.4 is 4.90 Å². The van der Waals surface area contributed by atoms with Gasteiger partial charge in [0.15, 0.2) is 5.78 Å². The number of benzene rings is 2. The van der Waals surface area contributed by atoms with E-state index >= 15 is 0 Å². The normalized spacial score (nSPS) is 11.2. The number of azo groups is 1. The van der Waals surface area contributed by atoms with Gasteiger partial charge < -0.3 is 4.90 Å². The van der Waals surface area contributed by atoms with E-state index in [0.29, 0.717) is 12.3 Å². The zero-order chi connectivity index (χ0) is 16.8. The molecule has 120 valence electrons. The maximum absolute atomic E-state index is 12.0. The second-order valence-electron chi connectivity index (χ2n) is 6.18. The summed E-state index contributed by atoms with van der Waals surface area (Å²) in [5.41, 5.74) is 3.39. The lowest BCUT2D eigenvalue weighted by molar-refractivity contribution is 0.0968. The molecule has 0 N–H and O–H groups in total. The number of rotatable bonds is 6. The van der Waals surface area contributed by atoms with Crippen LogP contribution in [0.2, 0.25) is 0 Å². The molecule has 0 aliphatic carbocycles. The predicted molar refractivity (Wildman–Crippen MR) is 95.2 cm³/mol. The van der Waals surface area contributed by atoms with E-state index in [4.69, 9.17) is 0 Å². The molecule has 0 aliphatic heterocycles. The van der Waals surface area contributed by atoms with Gasteiger partial charge in [0.05, 0.1) is 11.4 Å². The number of nitrogens with zero attached hydrogens (tertiary/aromatic N) is 3. The molecule has 0 amide bonds. The molecule has 0 fully saturated rings. The molecule has 0 heterocycles. The van der Waals surface area contributed by atoms with Crippen LogP contribution in [-0.4, -0.2) is 19.9 Å². The molecule has 4 nitrogen and oxygen atoms in total. The Morgan fingerprint density at radius 1 is 0.913 bits per heavy atom. The fourth-order valence-corrected chi connectivity index (χ4v) is 2.14. The maximum Gasteiger partial charge on any atom is 0.163 e. The third-order valence-corrected chi connectivity index (χ3v) is 3.43. The molecule has 0 aromatic heterocycles. The fraction of sp³-hybridized carbons (Fsp3) is 0.316. The van der Waals surface area contributed by atoms with E-state index in [1.165, 1.54) is 0 Å². The monoisotopic (exact) mass is 309 g/mol. The lowest BCUT2D eigenvalue weighted by Crippen LogP contribution is -2.07. The van der Waals surface area contributed by atoms with Crippen LogP contribution in [0.15, 0.2) is 58.8 Å². The number of ketones is 1. The van der Waals surface area contributed by atoms with E-state index in [9.17, 15) is 4.79 Å². The fourth-order valence-electron chi connectivity index (χ4n) is 2.14. The summed E-state index contributed by atoms with van der Waals surface area (Å²) in [6, 6.07) is 15.1. The Labute approximate surface area is 137 Å². The third kappa shape index (κ3) is 5.02. The highest BCUT2D eigenvalue weighted by Crippen LogP contribution is 2.22. The van der Waals surface area contributed by atoms with E-state index in [1.807, 2.05) is 81.4 Å². The molecule has 0 unspecified atom stereocenters. The van der Waals surface area contributed by atoms with Crippen LogP contribution in [0.25, 0.3) is 0 Å². The zero-order valence-corrected chi connectivity index (χ0v) is 14.2. The first-order valence-corrected chi connectivity index (χ1v) is 7.78. The number of anilines is 1. The Morgan fingerprint density at radius 3 is 1.83 bits per heavy atom. The minimum Gasteiger partial charge on any atom is -0.378 e. The molecule has 4 heteroatoms. The SMILES string of the molecule is CC(C)CC(=O)c1ccc(N=Nc2ccc(N(C)C)cc2)cc1. The molecule has 0 spiro atoms. The van der Waals surface area contributed by atoms with Crippen molar-refractivity contribution in [2.24, 2.45) is 16.1 Å². The van der Waals surface area contributed by atoms with Crippen molar-refractivity contribution in [3.05, 3.63) is 54.1 Å². The first-order chi connectivity index (χ1) is 11.0. The number of hydrogen-bond acceptors (Lipinski definition) is 4. The summed E-state index contributed by atoms with van der Waals surface area (Å²) in [4.78, 5) is 14.0. The van der Waals surface area contributed by atoms with Crippen molar-refractivity contribution in [1.29, 1.82) is 0 Å². The topological polar surface area (TPSA) is 45.0 Å². The second-order valence-corrected chi connectivity index (χ2v) is 6.18. The van der Waals surface area contributed by atoms with Gasteiger partial charge in [0.2, 0.25) is 0 Å². The summed E-state index contributed by atoms with van der Waals surface area (Å²) in [5.74, 6) is 0.537. The van der Waals surface area contributed by atoms with Gasteiger partial charge in [0.25, 0.3) is 0 Å². The van der Waals surface area contributed by atoms with Gasteiger partial charge in [-0.05, 0) is 54.4 Å². The summed E-state index contributed by atoms with van der Waals surface area (Å²) in [7, 11) is 4.00. The minimum atomic E-state index is 0.169. The van der Waals surface area contributed by atoms with Gasteiger partial charge in [-0.2, -0.15) is 10.2 Å². The first-order valence-electron chi connectivity index (χ1n) is 7.78. The van der Waals surface area contributed by atoms with Crippen molar-refractivity contribution in [2.75, 3.05) is 19.0 Å². The van der Waals surface area contributed by atoms with Crippen molar-refractivity contribution in [2.45, 2.75) is 20.3 Å². The van der Waals surface area contributed by atoms with Crippen LogP contribution in [-0.2, 0) is 0 Å². The quantitative estimate of drug-likeness (QED) is 0.530. The van der Waals surface area contributed by atoms with Gasteiger partial charge in [0.1, 0.15) is 0 Å². The van der Waals surface area contributed by atoms with Crippen LogP contribution in [0, 0.1) is 5.92 Å². The van der Waals surface area contributed by atoms with Crippen LogP contribution in [0.3, 0.4) is 0 Å². The van der Waals surface area contributed by atoms with Crippen LogP contribution in [0.5, 0.6) is 0 Å². The maximum atomic E-state index is 12.0. The van der Waals surface area contributed by atoms with Crippen molar-refractivity contribution in [3.63, 3.8) is 0 Å². The molecule has 2 aromatic rings. The van der Waals surface area contributed by atoms with Crippen molar-refractivity contribution >= 4 is 22.8 Å². The Kier molecular flexibility index (Phi) is 5.63. The summed E-state index contributed by atoms with van der Waals surface area (Å²) >= 11 is 0. The minimum absolute atomic E-state index is 0.169. The highest BCUT2D eigenvalue weighted by atomic mass is 16.1. The molecular weight excluding hydrogens is 286 g/mol. The molecule has 0 saturated heterocycles. The number of carbonyl (C=O) groups is 1. The van der Waals surface area contributed by atoms with Gasteiger partial charge in [-0.3, -0.25) is 4.79 Å². The summed E-state index contributed by atoms with van der Waals surface area (Å²) in [6.07, 6.45) is 0.569.